The number of hydrogen-bond donors (Lipinski definition) is 0. The molecular formula is C15H12BrFO2. The molecule has 0 N–H and O–H groups in total. The summed E-state index contributed by atoms with van der Waals surface area (Å²) in [6.07, 6.45) is -0.0713. The lowest BCUT2D eigenvalue weighted by molar-refractivity contribution is -0.144. The summed E-state index contributed by atoms with van der Waals surface area (Å²) in [7, 11) is 0. The van der Waals surface area contributed by atoms with Crippen molar-refractivity contribution in [2.45, 2.75) is 13.0 Å². The Hall–Kier alpha value is -1.68. The van der Waals surface area contributed by atoms with Crippen LogP contribution in [0.2, 0.25) is 0 Å². The van der Waals surface area contributed by atoms with E-state index in [9.17, 15) is 9.18 Å². The molecule has 0 unspecified atom stereocenters. The third kappa shape index (κ3) is 4.17. The molecule has 0 aliphatic heterocycles. The number of carbonyl (C=O) groups is 1. The van der Waals surface area contributed by atoms with Gasteiger partial charge >= 0.3 is 5.97 Å². The third-order valence-corrected chi connectivity index (χ3v) is 3.08. The largest absolute Gasteiger partial charge is 0.461 e. The quantitative estimate of drug-likeness (QED) is 0.799. The number of halogens is 2. The minimum absolute atomic E-state index is 0.0713. The molecule has 0 radical (unpaired) electrons. The van der Waals surface area contributed by atoms with E-state index in [2.05, 4.69) is 15.9 Å². The topological polar surface area (TPSA) is 26.3 Å². The first-order valence-electron chi connectivity index (χ1n) is 5.78. The fraction of sp³-hybridized carbons (Fsp3) is 0.133. The van der Waals surface area contributed by atoms with Crippen LogP contribution < -0.4 is 0 Å². The second-order valence-electron chi connectivity index (χ2n) is 4.06. The van der Waals surface area contributed by atoms with E-state index in [1.807, 2.05) is 30.3 Å². The highest BCUT2D eigenvalue weighted by atomic mass is 79.9. The van der Waals surface area contributed by atoms with E-state index in [0.29, 0.717) is 5.56 Å². The molecule has 0 heterocycles. The average molecular weight is 323 g/mol. The maximum absolute atomic E-state index is 13.5. The highest BCUT2D eigenvalue weighted by Crippen LogP contribution is 2.16. The Morgan fingerprint density at radius 2 is 1.89 bits per heavy atom. The number of benzene rings is 2. The second kappa shape index (κ2) is 6.48. The number of ether oxygens (including phenoxy) is 1. The summed E-state index contributed by atoms with van der Waals surface area (Å²) in [5, 5.41) is 0. The molecule has 0 saturated heterocycles. The van der Waals surface area contributed by atoms with E-state index in [4.69, 9.17) is 4.74 Å². The number of rotatable bonds is 4. The molecule has 0 bridgehead atoms. The summed E-state index contributed by atoms with van der Waals surface area (Å²) >= 11 is 3.24. The molecule has 0 fully saturated rings. The summed E-state index contributed by atoms with van der Waals surface area (Å²) in [5.74, 6) is -0.847. The summed E-state index contributed by atoms with van der Waals surface area (Å²) in [6, 6.07) is 13.9. The van der Waals surface area contributed by atoms with E-state index in [1.165, 1.54) is 6.07 Å². The van der Waals surface area contributed by atoms with Gasteiger partial charge in [-0.25, -0.2) is 4.39 Å². The van der Waals surface area contributed by atoms with Crippen LogP contribution in [-0.4, -0.2) is 5.97 Å². The molecule has 0 aliphatic rings. The fourth-order valence-electron chi connectivity index (χ4n) is 1.62. The van der Waals surface area contributed by atoms with Crippen LogP contribution in [-0.2, 0) is 22.6 Å². The van der Waals surface area contributed by atoms with E-state index >= 15 is 0 Å². The fourth-order valence-corrected chi connectivity index (χ4v) is 2.03. The van der Waals surface area contributed by atoms with Crippen LogP contribution in [0, 0.1) is 5.82 Å². The smallest absolute Gasteiger partial charge is 0.310 e. The zero-order valence-corrected chi connectivity index (χ0v) is 11.7. The highest BCUT2D eigenvalue weighted by molar-refractivity contribution is 9.10. The Bertz CT molecular complexity index is 570. The number of carbonyl (C=O) groups excluding carboxylic acids is 1. The van der Waals surface area contributed by atoms with E-state index in [1.54, 1.807) is 12.1 Å². The van der Waals surface area contributed by atoms with Crippen molar-refractivity contribution in [1.82, 2.24) is 0 Å². The van der Waals surface area contributed by atoms with Gasteiger partial charge in [-0.15, -0.1) is 0 Å². The van der Waals surface area contributed by atoms with Crippen molar-refractivity contribution in [3.63, 3.8) is 0 Å². The van der Waals surface area contributed by atoms with Crippen LogP contribution in [0.4, 0.5) is 4.39 Å². The molecule has 2 rings (SSSR count). The molecule has 0 aliphatic carbocycles. The molecule has 0 aromatic heterocycles. The minimum Gasteiger partial charge on any atom is -0.461 e. The minimum atomic E-state index is -0.444. The van der Waals surface area contributed by atoms with Gasteiger partial charge < -0.3 is 4.74 Å². The van der Waals surface area contributed by atoms with Crippen LogP contribution in [0.5, 0.6) is 0 Å². The molecular weight excluding hydrogens is 311 g/mol. The van der Waals surface area contributed by atoms with Gasteiger partial charge in [-0.3, -0.25) is 4.79 Å². The summed E-state index contributed by atoms with van der Waals surface area (Å²) in [4.78, 5) is 11.6. The first kappa shape index (κ1) is 13.7. The third-order valence-electron chi connectivity index (χ3n) is 2.59. The number of esters is 1. The standard InChI is InChI=1S/C15H12BrFO2/c16-13-6-7-14(17)12(8-13)9-15(18)19-10-11-4-2-1-3-5-11/h1-8H,9-10H2. The van der Waals surface area contributed by atoms with Gasteiger partial charge in [-0.05, 0) is 23.8 Å². The van der Waals surface area contributed by atoms with Crippen LogP contribution in [0.25, 0.3) is 0 Å². The Morgan fingerprint density at radius 3 is 2.63 bits per heavy atom. The summed E-state index contributed by atoms with van der Waals surface area (Å²) < 4.78 is 19.3. The zero-order valence-electron chi connectivity index (χ0n) is 10.1. The lowest BCUT2D eigenvalue weighted by Gasteiger charge is -2.06. The van der Waals surface area contributed by atoms with Gasteiger partial charge in [0.25, 0.3) is 0 Å². The first-order chi connectivity index (χ1) is 9.15. The first-order valence-corrected chi connectivity index (χ1v) is 6.58. The van der Waals surface area contributed by atoms with Crippen molar-refractivity contribution in [1.29, 1.82) is 0 Å². The maximum Gasteiger partial charge on any atom is 0.310 e. The van der Waals surface area contributed by atoms with E-state index in [0.717, 1.165) is 10.0 Å². The van der Waals surface area contributed by atoms with E-state index in [-0.39, 0.29) is 13.0 Å². The lowest BCUT2D eigenvalue weighted by Crippen LogP contribution is -2.09. The zero-order chi connectivity index (χ0) is 13.7. The van der Waals surface area contributed by atoms with Crippen molar-refractivity contribution in [2.24, 2.45) is 0 Å². The van der Waals surface area contributed by atoms with Gasteiger partial charge in [-0.1, -0.05) is 46.3 Å². The van der Waals surface area contributed by atoms with Gasteiger partial charge in [0.15, 0.2) is 0 Å². The molecule has 19 heavy (non-hydrogen) atoms. The molecule has 0 saturated carbocycles. The molecule has 2 aromatic rings. The monoisotopic (exact) mass is 322 g/mol. The van der Waals surface area contributed by atoms with Crippen molar-refractivity contribution >= 4 is 21.9 Å². The lowest BCUT2D eigenvalue weighted by atomic mass is 10.1. The predicted molar refractivity (Wildman–Crippen MR) is 74.0 cm³/mol. The van der Waals surface area contributed by atoms with Crippen molar-refractivity contribution in [3.8, 4) is 0 Å². The molecule has 4 heteroatoms. The van der Waals surface area contributed by atoms with Gasteiger partial charge in [-0.2, -0.15) is 0 Å². The molecule has 0 atom stereocenters. The molecule has 2 aromatic carbocycles. The molecule has 0 amide bonds. The Kier molecular flexibility index (Phi) is 4.68. The Morgan fingerprint density at radius 1 is 1.16 bits per heavy atom. The van der Waals surface area contributed by atoms with Crippen molar-refractivity contribution in [2.75, 3.05) is 0 Å². The highest BCUT2D eigenvalue weighted by Gasteiger charge is 2.10. The Labute approximate surface area is 119 Å². The Balaban J connectivity index is 1.93. The number of hydrogen-bond acceptors (Lipinski definition) is 2. The van der Waals surface area contributed by atoms with Crippen LogP contribution in [0.1, 0.15) is 11.1 Å². The molecule has 2 nitrogen and oxygen atoms in total. The van der Waals surface area contributed by atoms with Crippen LogP contribution >= 0.6 is 15.9 Å². The molecule has 98 valence electrons. The van der Waals surface area contributed by atoms with Crippen molar-refractivity contribution < 1.29 is 13.9 Å². The van der Waals surface area contributed by atoms with Gasteiger partial charge in [0.05, 0.1) is 6.42 Å². The predicted octanol–water partition coefficient (Wildman–Crippen LogP) is 3.87. The second-order valence-corrected chi connectivity index (χ2v) is 4.97. The average Bonchev–Trinajstić information content (AvgIpc) is 2.42. The van der Waals surface area contributed by atoms with Gasteiger partial charge in [0, 0.05) is 10.0 Å². The summed E-state index contributed by atoms with van der Waals surface area (Å²) in [6.45, 7) is 0.204. The summed E-state index contributed by atoms with van der Waals surface area (Å²) in [5.41, 5.74) is 1.23. The molecule has 0 spiro atoms. The van der Waals surface area contributed by atoms with Gasteiger partial charge in [0.2, 0.25) is 0 Å². The van der Waals surface area contributed by atoms with Crippen LogP contribution in [0.3, 0.4) is 0 Å². The SMILES string of the molecule is O=C(Cc1cc(Br)ccc1F)OCc1ccccc1. The van der Waals surface area contributed by atoms with E-state index < -0.39 is 11.8 Å². The normalized spacial score (nSPS) is 10.2. The van der Waals surface area contributed by atoms with Crippen LogP contribution in [0.15, 0.2) is 53.0 Å². The van der Waals surface area contributed by atoms with Crippen molar-refractivity contribution in [3.05, 3.63) is 69.9 Å². The van der Waals surface area contributed by atoms with Gasteiger partial charge in [0.1, 0.15) is 12.4 Å². The maximum atomic E-state index is 13.5.